The maximum absolute atomic E-state index is 11.4. The first-order valence-electron chi connectivity index (χ1n) is 7.85. The smallest absolute Gasteiger partial charge is 0.326 e. The van der Waals surface area contributed by atoms with Crippen LogP contribution in [0.25, 0.3) is 10.2 Å². The Hall–Kier alpha value is -2.22. The summed E-state index contributed by atoms with van der Waals surface area (Å²) >= 11 is 1.63. The molecular weight excluding hydrogens is 330 g/mol. The van der Waals surface area contributed by atoms with Gasteiger partial charge >= 0.3 is 11.9 Å². The first-order chi connectivity index (χ1) is 11.3. The van der Waals surface area contributed by atoms with E-state index in [1.165, 1.54) is 10.4 Å². The largest absolute Gasteiger partial charge is 0.481 e. The number of thiophene rings is 1. The number of hydrogen-bond acceptors (Lipinski definition) is 6. The molecule has 128 valence electrons. The van der Waals surface area contributed by atoms with E-state index in [4.69, 9.17) is 5.11 Å². The highest BCUT2D eigenvalue weighted by molar-refractivity contribution is 7.19. The number of rotatable bonds is 5. The fourth-order valence-corrected chi connectivity index (χ4v) is 4.52. The number of aliphatic carboxylic acids is 2. The van der Waals surface area contributed by atoms with Crippen molar-refractivity contribution in [3.8, 4) is 0 Å². The van der Waals surface area contributed by atoms with Crippen LogP contribution in [0.15, 0.2) is 0 Å². The van der Waals surface area contributed by atoms with E-state index in [1.54, 1.807) is 18.3 Å². The zero-order valence-corrected chi connectivity index (χ0v) is 14.3. The van der Waals surface area contributed by atoms with Crippen molar-refractivity contribution in [2.45, 2.75) is 45.6 Å². The molecule has 3 rings (SSSR count). The minimum Gasteiger partial charge on any atom is -0.481 e. The van der Waals surface area contributed by atoms with Gasteiger partial charge in [0.25, 0.3) is 0 Å². The van der Waals surface area contributed by atoms with Gasteiger partial charge in [-0.2, -0.15) is 0 Å². The molecule has 0 aliphatic heterocycles. The van der Waals surface area contributed by atoms with Crippen molar-refractivity contribution in [3.05, 3.63) is 16.3 Å². The third-order valence-electron chi connectivity index (χ3n) is 4.25. The van der Waals surface area contributed by atoms with Gasteiger partial charge in [-0.25, -0.2) is 14.8 Å². The molecule has 2 heterocycles. The number of fused-ring (bicyclic) bond motifs is 3. The van der Waals surface area contributed by atoms with Crippen LogP contribution in [0.5, 0.6) is 0 Å². The summed E-state index contributed by atoms with van der Waals surface area (Å²) in [5, 5.41) is 21.9. The third-order valence-corrected chi connectivity index (χ3v) is 5.40. The van der Waals surface area contributed by atoms with Crippen LogP contribution in [-0.2, 0) is 22.4 Å². The molecule has 0 amide bonds. The normalized spacial score (nSPS) is 18.2. The van der Waals surface area contributed by atoms with Gasteiger partial charge in [-0.05, 0) is 37.7 Å². The second kappa shape index (κ2) is 6.35. The number of anilines is 1. The number of hydrogen-bond donors (Lipinski definition) is 3. The first kappa shape index (κ1) is 16.6. The van der Waals surface area contributed by atoms with E-state index in [9.17, 15) is 14.7 Å². The zero-order chi connectivity index (χ0) is 17.4. The number of aryl methyl sites for hydroxylation is 2. The number of nitrogens with one attached hydrogen (secondary N) is 1. The molecule has 7 nitrogen and oxygen atoms in total. The molecule has 2 aromatic rings. The highest BCUT2D eigenvalue weighted by Gasteiger charge is 2.27. The molecule has 2 aromatic heterocycles. The minimum absolute atomic E-state index is 0.429. The Labute approximate surface area is 142 Å². The first-order valence-corrected chi connectivity index (χ1v) is 8.66. The van der Waals surface area contributed by atoms with Crippen molar-refractivity contribution in [2.24, 2.45) is 5.92 Å². The van der Waals surface area contributed by atoms with Crippen LogP contribution in [-0.4, -0.2) is 38.2 Å². The zero-order valence-electron chi connectivity index (χ0n) is 13.5. The number of nitrogens with zero attached hydrogens (tertiary/aromatic N) is 2. The van der Waals surface area contributed by atoms with Gasteiger partial charge in [0.2, 0.25) is 0 Å². The highest BCUT2D eigenvalue weighted by atomic mass is 32.1. The van der Waals surface area contributed by atoms with E-state index in [0.717, 1.165) is 29.5 Å². The van der Waals surface area contributed by atoms with Crippen molar-refractivity contribution in [3.63, 3.8) is 0 Å². The Morgan fingerprint density at radius 2 is 2.12 bits per heavy atom. The van der Waals surface area contributed by atoms with Crippen LogP contribution in [0.2, 0.25) is 0 Å². The van der Waals surface area contributed by atoms with E-state index in [1.807, 2.05) is 0 Å². The van der Waals surface area contributed by atoms with E-state index in [0.29, 0.717) is 17.6 Å². The van der Waals surface area contributed by atoms with Crippen molar-refractivity contribution in [2.75, 3.05) is 5.32 Å². The standard InChI is InChI=1S/C16H19N3O4S/c1-7-3-4-9-11(5-7)24-15-13(9)14(17-8(2)18-15)19-10(16(22)23)6-12(20)21/h7,10H,3-6H2,1-2H3,(H,20,21)(H,22,23)(H,17,18,19). The van der Waals surface area contributed by atoms with Gasteiger partial charge in [-0.1, -0.05) is 6.92 Å². The summed E-state index contributed by atoms with van der Waals surface area (Å²) in [7, 11) is 0. The quantitative estimate of drug-likeness (QED) is 0.760. The van der Waals surface area contributed by atoms with Crippen molar-refractivity contribution in [1.82, 2.24) is 9.97 Å². The van der Waals surface area contributed by atoms with Crippen molar-refractivity contribution >= 4 is 39.3 Å². The second-order valence-corrected chi connectivity index (χ2v) is 7.37. The fourth-order valence-electron chi connectivity index (χ4n) is 3.09. The maximum Gasteiger partial charge on any atom is 0.326 e. The third kappa shape index (κ3) is 3.19. The molecule has 0 aromatic carbocycles. The van der Waals surface area contributed by atoms with Gasteiger partial charge in [0.1, 0.15) is 22.5 Å². The van der Waals surface area contributed by atoms with Gasteiger partial charge in [-0.3, -0.25) is 4.79 Å². The Bertz CT molecular complexity index is 817. The molecule has 0 fully saturated rings. The lowest BCUT2D eigenvalue weighted by Crippen LogP contribution is -2.32. The van der Waals surface area contributed by atoms with Crippen molar-refractivity contribution < 1.29 is 19.8 Å². The molecule has 8 heteroatoms. The number of aromatic nitrogens is 2. The summed E-state index contributed by atoms with van der Waals surface area (Å²) in [6.45, 7) is 3.97. The molecule has 0 saturated heterocycles. The highest BCUT2D eigenvalue weighted by Crippen LogP contribution is 2.40. The van der Waals surface area contributed by atoms with Crippen LogP contribution in [0, 0.1) is 12.8 Å². The van der Waals surface area contributed by atoms with Crippen LogP contribution in [0.4, 0.5) is 5.82 Å². The lowest BCUT2D eigenvalue weighted by Gasteiger charge is -2.19. The SMILES string of the molecule is Cc1nc(NC(CC(=O)O)C(=O)O)c2c3c(sc2n1)CC(C)CC3. The molecule has 1 aliphatic rings. The molecule has 24 heavy (non-hydrogen) atoms. The van der Waals surface area contributed by atoms with Crippen LogP contribution >= 0.6 is 11.3 Å². The molecule has 0 saturated carbocycles. The average molecular weight is 349 g/mol. The molecule has 0 bridgehead atoms. The number of carboxylic acids is 2. The molecular formula is C16H19N3O4S. The molecule has 1 aliphatic carbocycles. The van der Waals surface area contributed by atoms with Gasteiger partial charge < -0.3 is 15.5 Å². The van der Waals surface area contributed by atoms with E-state index in [-0.39, 0.29) is 0 Å². The Morgan fingerprint density at radius 3 is 2.79 bits per heavy atom. The molecule has 2 atom stereocenters. The topological polar surface area (TPSA) is 112 Å². The lowest BCUT2D eigenvalue weighted by molar-refractivity contribution is -0.144. The molecule has 2 unspecified atom stereocenters. The molecule has 3 N–H and O–H groups in total. The van der Waals surface area contributed by atoms with E-state index < -0.39 is 24.4 Å². The predicted molar refractivity (Wildman–Crippen MR) is 90.6 cm³/mol. The average Bonchev–Trinajstić information content (AvgIpc) is 2.82. The summed E-state index contributed by atoms with van der Waals surface area (Å²) in [5.41, 5.74) is 1.18. The fraction of sp³-hybridized carbons (Fsp3) is 0.500. The van der Waals surface area contributed by atoms with Gasteiger partial charge in [-0.15, -0.1) is 11.3 Å². The van der Waals surface area contributed by atoms with Crippen LogP contribution in [0.1, 0.15) is 36.0 Å². The number of carbonyl (C=O) groups is 2. The molecule has 0 spiro atoms. The Kier molecular flexibility index (Phi) is 4.40. The van der Waals surface area contributed by atoms with Crippen molar-refractivity contribution in [1.29, 1.82) is 0 Å². The Balaban J connectivity index is 2.06. The predicted octanol–water partition coefficient (Wildman–Crippen LogP) is 2.46. The van der Waals surface area contributed by atoms with Crippen LogP contribution < -0.4 is 5.32 Å². The summed E-state index contributed by atoms with van der Waals surface area (Å²) < 4.78 is 0. The maximum atomic E-state index is 11.4. The monoisotopic (exact) mass is 349 g/mol. The van der Waals surface area contributed by atoms with Gasteiger partial charge in [0.15, 0.2) is 0 Å². The molecule has 0 radical (unpaired) electrons. The van der Waals surface area contributed by atoms with Crippen LogP contribution in [0.3, 0.4) is 0 Å². The lowest BCUT2D eigenvalue weighted by atomic mass is 9.89. The van der Waals surface area contributed by atoms with E-state index >= 15 is 0 Å². The summed E-state index contributed by atoms with van der Waals surface area (Å²) in [4.78, 5) is 33.2. The second-order valence-electron chi connectivity index (χ2n) is 6.28. The van der Waals surface area contributed by atoms with Gasteiger partial charge in [0, 0.05) is 4.88 Å². The summed E-state index contributed by atoms with van der Waals surface area (Å²) in [6, 6.07) is -1.22. The Morgan fingerprint density at radius 1 is 1.38 bits per heavy atom. The van der Waals surface area contributed by atoms with E-state index in [2.05, 4.69) is 22.2 Å². The number of carboxylic acid groups (broad SMARTS) is 2. The summed E-state index contributed by atoms with van der Waals surface area (Å²) in [6.07, 6.45) is 2.47. The summed E-state index contributed by atoms with van der Waals surface area (Å²) in [5.74, 6) is -0.790. The van der Waals surface area contributed by atoms with Gasteiger partial charge in [0.05, 0.1) is 11.8 Å². The minimum atomic E-state index is -1.22.